The number of hydrogen-bond acceptors (Lipinski definition) is 5. The van der Waals surface area contributed by atoms with Gasteiger partial charge in [0.1, 0.15) is 0 Å². The van der Waals surface area contributed by atoms with Gasteiger partial charge in [-0.25, -0.2) is 0 Å². The van der Waals surface area contributed by atoms with Gasteiger partial charge in [-0.1, -0.05) is 5.10 Å². The summed E-state index contributed by atoms with van der Waals surface area (Å²) in [6, 6.07) is 8.40. The lowest BCUT2D eigenvalue weighted by atomic mass is 10.2. The minimum Gasteiger partial charge on any atom is -0.408 e. The first-order valence-corrected chi connectivity index (χ1v) is 6.04. The molecule has 6 heteroatoms. The fraction of sp³-hybridized carbons (Fsp3) is 0.231. The normalized spacial score (nSPS) is 11.1. The van der Waals surface area contributed by atoms with Crippen molar-refractivity contribution in [1.29, 1.82) is 0 Å². The number of rotatable bonds is 4. The maximum absolute atomic E-state index is 8.80. The van der Waals surface area contributed by atoms with E-state index in [-0.39, 0.29) is 6.61 Å². The fourth-order valence-corrected chi connectivity index (χ4v) is 2.00. The van der Waals surface area contributed by atoms with Crippen LogP contribution in [-0.2, 0) is 0 Å². The summed E-state index contributed by atoms with van der Waals surface area (Å²) in [5.74, 6) is 0.540. The first-order valence-electron chi connectivity index (χ1n) is 6.04. The minimum absolute atomic E-state index is 0.111. The van der Waals surface area contributed by atoms with Crippen LogP contribution in [0, 0.1) is 6.92 Å². The highest BCUT2D eigenvalue weighted by Gasteiger charge is 2.09. The molecule has 1 aromatic carbocycles. The molecule has 0 amide bonds. The molecule has 0 fully saturated rings. The smallest absolute Gasteiger partial charge is 0.327 e. The largest absolute Gasteiger partial charge is 0.408 e. The summed E-state index contributed by atoms with van der Waals surface area (Å²) in [5.41, 5.74) is 1.97. The quantitative estimate of drug-likeness (QED) is 0.745. The fourth-order valence-electron chi connectivity index (χ4n) is 2.00. The van der Waals surface area contributed by atoms with Crippen LogP contribution in [0.25, 0.3) is 16.9 Å². The van der Waals surface area contributed by atoms with Crippen LogP contribution in [0.4, 0.5) is 5.69 Å². The Labute approximate surface area is 109 Å². The van der Waals surface area contributed by atoms with E-state index in [4.69, 9.17) is 9.52 Å². The first kappa shape index (κ1) is 11.7. The predicted molar refractivity (Wildman–Crippen MR) is 71.4 cm³/mol. The van der Waals surface area contributed by atoms with Gasteiger partial charge in [-0.15, -0.1) is 5.10 Å². The summed E-state index contributed by atoms with van der Waals surface area (Å²) >= 11 is 0. The lowest BCUT2D eigenvalue weighted by Gasteiger charge is -2.05. The number of aliphatic hydroxyl groups excluding tert-OH is 1. The Bertz CT molecular complexity index is 702. The van der Waals surface area contributed by atoms with Gasteiger partial charge in [0.05, 0.1) is 12.1 Å². The van der Waals surface area contributed by atoms with Crippen LogP contribution in [-0.4, -0.2) is 33.0 Å². The van der Waals surface area contributed by atoms with Gasteiger partial charge in [0, 0.05) is 30.7 Å². The molecule has 98 valence electrons. The molecule has 0 saturated heterocycles. The zero-order valence-corrected chi connectivity index (χ0v) is 10.5. The average Bonchev–Trinajstić information content (AvgIpc) is 3.01. The van der Waals surface area contributed by atoms with Crippen LogP contribution in [0.3, 0.4) is 0 Å². The van der Waals surface area contributed by atoms with Gasteiger partial charge < -0.3 is 14.8 Å². The van der Waals surface area contributed by atoms with Crippen molar-refractivity contribution in [2.45, 2.75) is 6.92 Å². The Kier molecular flexibility index (Phi) is 2.92. The van der Waals surface area contributed by atoms with Crippen LogP contribution >= 0.6 is 0 Å². The number of anilines is 1. The van der Waals surface area contributed by atoms with Crippen LogP contribution in [0.2, 0.25) is 0 Å². The zero-order valence-electron chi connectivity index (χ0n) is 10.5. The Balaban J connectivity index is 2.00. The third-order valence-electron chi connectivity index (χ3n) is 2.85. The van der Waals surface area contributed by atoms with Gasteiger partial charge in [0.2, 0.25) is 5.89 Å². The molecule has 0 aliphatic rings. The highest BCUT2D eigenvalue weighted by atomic mass is 16.4. The summed E-state index contributed by atoms with van der Waals surface area (Å²) in [5, 5.41) is 20.8. The summed E-state index contributed by atoms with van der Waals surface area (Å²) in [6.07, 6.45) is 1.90. The van der Waals surface area contributed by atoms with Crippen molar-refractivity contribution in [3.8, 4) is 6.01 Å². The van der Waals surface area contributed by atoms with Crippen LogP contribution in [0.1, 0.15) is 5.89 Å². The molecular formula is C13H14N4O2. The van der Waals surface area contributed by atoms with Gasteiger partial charge in [-0.3, -0.25) is 4.57 Å². The lowest BCUT2D eigenvalue weighted by Crippen LogP contribution is -2.05. The van der Waals surface area contributed by atoms with E-state index in [9.17, 15) is 0 Å². The van der Waals surface area contributed by atoms with Crippen molar-refractivity contribution in [2.24, 2.45) is 0 Å². The van der Waals surface area contributed by atoms with Gasteiger partial charge >= 0.3 is 6.01 Å². The second-order valence-electron chi connectivity index (χ2n) is 4.21. The van der Waals surface area contributed by atoms with E-state index >= 15 is 0 Å². The summed E-state index contributed by atoms with van der Waals surface area (Å²) in [4.78, 5) is 0. The Morgan fingerprint density at radius 1 is 1.32 bits per heavy atom. The topological polar surface area (TPSA) is 76.1 Å². The van der Waals surface area contributed by atoms with Crippen molar-refractivity contribution < 1.29 is 9.52 Å². The molecular weight excluding hydrogens is 244 g/mol. The Morgan fingerprint density at radius 2 is 2.21 bits per heavy atom. The molecule has 0 saturated carbocycles. The number of aliphatic hydroxyl groups is 1. The number of benzene rings is 1. The first-order chi connectivity index (χ1) is 9.28. The lowest BCUT2D eigenvalue weighted by molar-refractivity contribution is 0.311. The van der Waals surface area contributed by atoms with E-state index in [0.717, 1.165) is 16.6 Å². The zero-order chi connectivity index (χ0) is 13.2. The van der Waals surface area contributed by atoms with E-state index in [1.165, 1.54) is 0 Å². The number of aryl methyl sites for hydroxylation is 1. The average molecular weight is 258 g/mol. The Morgan fingerprint density at radius 3 is 2.95 bits per heavy atom. The highest BCUT2D eigenvalue weighted by molar-refractivity contribution is 5.84. The van der Waals surface area contributed by atoms with Gasteiger partial charge in [0.15, 0.2) is 0 Å². The molecule has 0 radical (unpaired) electrons. The molecule has 0 atom stereocenters. The van der Waals surface area contributed by atoms with Crippen molar-refractivity contribution >= 4 is 16.6 Å². The standard InChI is InChI=1S/C13H14N4O2/c1-9-15-16-13(19-9)17-6-4-10-8-11(14-5-7-18)2-3-12(10)17/h2-4,6,8,14,18H,5,7H2,1H3. The molecule has 2 N–H and O–H groups in total. The maximum Gasteiger partial charge on any atom is 0.327 e. The molecule has 2 aromatic heterocycles. The molecule has 0 unspecified atom stereocenters. The van der Waals surface area contributed by atoms with E-state index < -0.39 is 0 Å². The molecule has 3 aromatic rings. The summed E-state index contributed by atoms with van der Waals surface area (Å²) < 4.78 is 7.28. The van der Waals surface area contributed by atoms with E-state index in [0.29, 0.717) is 18.5 Å². The number of aromatic nitrogens is 3. The van der Waals surface area contributed by atoms with E-state index in [2.05, 4.69) is 15.5 Å². The van der Waals surface area contributed by atoms with Crippen molar-refractivity contribution in [3.05, 3.63) is 36.4 Å². The number of nitrogens with zero attached hydrogens (tertiary/aromatic N) is 3. The third kappa shape index (κ3) is 2.17. The van der Waals surface area contributed by atoms with Crippen molar-refractivity contribution in [2.75, 3.05) is 18.5 Å². The monoisotopic (exact) mass is 258 g/mol. The molecule has 0 aliphatic carbocycles. The second kappa shape index (κ2) is 4.74. The van der Waals surface area contributed by atoms with E-state index in [1.807, 2.05) is 35.0 Å². The van der Waals surface area contributed by atoms with Crippen LogP contribution in [0.15, 0.2) is 34.9 Å². The third-order valence-corrected chi connectivity index (χ3v) is 2.85. The SMILES string of the molecule is Cc1nnc(-n2ccc3cc(NCCO)ccc32)o1. The number of fused-ring (bicyclic) bond motifs is 1. The molecule has 19 heavy (non-hydrogen) atoms. The second-order valence-corrected chi connectivity index (χ2v) is 4.21. The van der Waals surface area contributed by atoms with Gasteiger partial charge in [-0.2, -0.15) is 0 Å². The molecule has 3 rings (SSSR count). The maximum atomic E-state index is 8.80. The molecule has 6 nitrogen and oxygen atoms in total. The highest BCUT2D eigenvalue weighted by Crippen LogP contribution is 2.23. The summed E-state index contributed by atoms with van der Waals surface area (Å²) in [6.45, 7) is 2.41. The molecule has 2 heterocycles. The summed E-state index contributed by atoms with van der Waals surface area (Å²) in [7, 11) is 0. The van der Waals surface area contributed by atoms with Gasteiger partial charge in [-0.05, 0) is 24.3 Å². The van der Waals surface area contributed by atoms with Crippen molar-refractivity contribution in [3.63, 3.8) is 0 Å². The van der Waals surface area contributed by atoms with E-state index in [1.54, 1.807) is 6.92 Å². The molecule has 0 aliphatic heterocycles. The minimum atomic E-state index is 0.111. The van der Waals surface area contributed by atoms with Gasteiger partial charge in [0.25, 0.3) is 0 Å². The Hall–Kier alpha value is -2.34. The van der Waals surface area contributed by atoms with Crippen LogP contribution < -0.4 is 5.32 Å². The number of nitrogens with one attached hydrogen (secondary N) is 1. The van der Waals surface area contributed by atoms with Crippen LogP contribution in [0.5, 0.6) is 0 Å². The molecule has 0 bridgehead atoms. The molecule has 0 spiro atoms. The predicted octanol–water partition coefficient (Wildman–Crippen LogP) is 1.73. The number of hydrogen-bond donors (Lipinski definition) is 2. The van der Waals surface area contributed by atoms with Crippen molar-refractivity contribution in [1.82, 2.24) is 14.8 Å².